The summed E-state index contributed by atoms with van der Waals surface area (Å²) in [5.74, 6) is 1.66. The lowest BCUT2D eigenvalue weighted by atomic mass is 10.4. The van der Waals surface area contributed by atoms with Crippen molar-refractivity contribution in [2.45, 2.75) is 6.92 Å². The van der Waals surface area contributed by atoms with Gasteiger partial charge in [-0.15, -0.1) is 6.42 Å². The van der Waals surface area contributed by atoms with Gasteiger partial charge >= 0.3 is 0 Å². The minimum absolute atomic E-state index is 0.275. The van der Waals surface area contributed by atoms with E-state index < -0.39 is 0 Å². The van der Waals surface area contributed by atoms with E-state index in [2.05, 4.69) is 0 Å². The number of rotatable bonds is 1. The lowest BCUT2D eigenvalue weighted by Gasteiger charge is -1.68. The molecule has 0 fully saturated rings. The van der Waals surface area contributed by atoms with E-state index in [4.69, 9.17) is 6.42 Å². The van der Waals surface area contributed by atoms with Gasteiger partial charge in [0.25, 0.3) is 0 Å². The Morgan fingerprint density at radius 2 is 2.43 bits per heavy atom. The van der Waals surface area contributed by atoms with Crippen molar-refractivity contribution >= 4 is 5.78 Å². The second-order valence-electron chi connectivity index (χ2n) is 1.01. The fourth-order valence-corrected chi connectivity index (χ4v) is 0.199. The molecule has 0 rings (SSSR count). The van der Waals surface area contributed by atoms with Gasteiger partial charge in [0.15, 0.2) is 0 Å². The Hall–Kier alpha value is -1.03. The third kappa shape index (κ3) is 2.78. The predicted octanol–water partition coefficient (Wildman–Crippen LogP) is 0.765. The Morgan fingerprint density at radius 1 is 1.86 bits per heavy atom. The van der Waals surface area contributed by atoms with Crippen LogP contribution < -0.4 is 0 Å². The third-order valence-electron chi connectivity index (χ3n) is 0.460. The average molecular weight is 94.1 g/mol. The molecule has 0 bridgehead atoms. The Balaban J connectivity index is 3.66. The fourth-order valence-electron chi connectivity index (χ4n) is 0.199. The zero-order valence-corrected chi connectivity index (χ0v) is 4.14. The molecule has 0 aromatic rings. The van der Waals surface area contributed by atoms with Gasteiger partial charge in [-0.1, -0.05) is 6.08 Å². The van der Waals surface area contributed by atoms with Crippen molar-refractivity contribution in [2.75, 3.05) is 0 Å². The van der Waals surface area contributed by atoms with Crippen LogP contribution in [0.4, 0.5) is 0 Å². The lowest BCUT2D eigenvalue weighted by Crippen LogP contribution is -1.81. The second kappa shape index (κ2) is 3.17. The number of terminal acetylenes is 1. The van der Waals surface area contributed by atoms with E-state index in [-0.39, 0.29) is 5.78 Å². The van der Waals surface area contributed by atoms with Gasteiger partial charge in [0.1, 0.15) is 0 Å². The van der Waals surface area contributed by atoms with Crippen LogP contribution in [0.25, 0.3) is 0 Å². The molecule has 0 aromatic carbocycles. The van der Waals surface area contributed by atoms with Crippen LogP contribution in [0.5, 0.6) is 0 Å². The summed E-state index contributed by atoms with van der Waals surface area (Å²) in [5.41, 5.74) is 0. The first kappa shape index (κ1) is 5.97. The summed E-state index contributed by atoms with van der Waals surface area (Å²) < 4.78 is 0. The molecule has 0 unspecified atom stereocenters. The molecule has 0 saturated heterocycles. The molecule has 1 heteroatoms. The Labute approximate surface area is 43.0 Å². The highest BCUT2D eigenvalue weighted by molar-refractivity contribution is 6.03. The average Bonchev–Trinajstić information content (AvgIpc) is 1.68. The smallest absolute Gasteiger partial charge is 0.228 e. The molecule has 0 aliphatic carbocycles. The van der Waals surface area contributed by atoms with Crippen molar-refractivity contribution in [2.24, 2.45) is 0 Å². The summed E-state index contributed by atoms with van der Waals surface area (Å²) in [6, 6.07) is 0. The highest BCUT2D eigenvalue weighted by atomic mass is 16.1. The Morgan fingerprint density at radius 3 is 2.57 bits per heavy atom. The van der Waals surface area contributed by atoms with Gasteiger partial charge in [-0.3, -0.25) is 4.79 Å². The highest BCUT2D eigenvalue weighted by Gasteiger charge is 1.79. The van der Waals surface area contributed by atoms with Crippen molar-refractivity contribution in [1.82, 2.24) is 0 Å². The fraction of sp³-hybridized carbons (Fsp3) is 0.167. The summed E-state index contributed by atoms with van der Waals surface area (Å²) in [7, 11) is 0. The molecule has 7 heavy (non-hydrogen) atoms. The normalized spacial score (nSPS) is 8.57. The van der Waals surface area contributed by atoms with Crippen LogP contribution in [0.2, 0.25) is 0 Å². The van der Waals surface area contributed by atoms with Crippen molar-refractivity contribution in [3.8, 4) is 12.3 Å². The summed E-state index contributed by atoms with van der Waals surface area (Å²) in [4.78, 5) is 10.1. The zero-order chi connectivity index (χ0) is 5.70. The maximum Gasteiger partial charge on any atom is 0.228 e. The van der Waals surface area contributed by atoms with Crippen molar-refractivity contribution in [1.29, 1.82) is 0 Å². The van der Waals surface area contributed by atoms with Gasteiger partial charge in [0.05, 0.1) is 0 Å². The molecule has 0 radical (unpaired) electrons. The number of allylic oxidation sites excluding steroid dienone is 2. The van der Waals surface area contributed by atoms with E-state index in [0.29, 0.717) is 0 Å². The first-order valence-electron chi connectivity index (χ1n) is 1.94. The second-order valence-corrected chi connectivity index (χ2v) is 1.01. The molecule has 0 heterocycles. The van der Waals surface area contributed by atoms with Gasteiger partial charge in [0, 0.05) is 0 Å². The topological polar surface area (TPSA) is 17.1 Å². The standard InChI is InChI=1S/C6H6O/c1-3-5-6(7)4-2/h2-3,5H,1H3/b5-3-. The predicted molar refractivity (Wildman–Crippen MR) is 28.7 cm³/mol. The number of hydrogen-bond donors (Lipinski definition) is 0. The van der Waals surface area contributed by atoms with E-state index in [1.54, 1.807) is 13.0 Å². The first-order chi connectivity index (χ1) is 3.31. The van der Waals surface area contributed by atoms with Crippen LogP contribution in [0, 0.1) is 12.3 Å². The van der Waals surface area contributed by atoms with E-state index in [0.717, 1.165) is 0 Å². The van der Waals surface area contributed by atoms with Crippen LogP contribution >= 0.6 is 0 Å². The molecule has 0 aliphatic heterocycles. The molecule has 1 nitrogen and oxygen atoms in total. The van der Waals surface area contributed by atoms with Crippen LogP contribution in [0.3, 0.4) is 0 Å². The van der Waals surface area contributed by atoms with Crippen molar-refractivity contribution in [3.05, 3.63) is 12.2 Å². The molecule has 0 aromatic heterocycles. The molecule has 0 amide bonds. The van der Waals surface area contributed by atoms with Gasteiger partial charge in [-0.25, -0.2) is 0 Å². The maximum absolute atomic E-state index is 10.1. The summed E-state index contributed by atoms with van der Waals surface area (Å²) in [5, 5.41) is 0. The molecule has 0 spiro atoms. The molecular weight excluding hydrogens is 88.1 g/mol. The van der Waals surface area contributed by atoms with Crippen LogP contribution in [0.15, 0.2) is 12.2 Å². The van der Waals surface area contributed by atoms with Crippen LogP contribution in [0.1, 0.15) is 6.92 Å². The number of hydrogen-bond acceptors (Lipinski definition) is 1. The van der Waals surface area contributed by atoms with Crippen LogP contribution in [-0.4, -0.2) is 5.78 Å². The van der Waals surface area contributed by atoms with Crippen LogP contribution in [-0.2, 0) is 4.79 Å². The van der Waals surface area contributed by atoms with E-state index >= 15 is 0 Å². The molecule has 0 aliphatic rings. The summed E-state index contributed by atoms with van der Waals surface area (Å²) in [6.45, 7) is 1.75. The zero-order valence-electron chi connectivity index (χ0n) is 4.14. The minimum atomic E-state index is -0.275. The third-order valence-corrected chi connectivity index (χ3v) is 0.460. The van der Waals surface area contributed by atoms with Gasteiger partial charge in [0.2, 0.25) is 5.78 Å². The highest BCUT2D eigenvalue weighted by Crippen LogP contribution is 1.69. The first-order valence-corrected chi connectivity index (χ1v) is 1.94. The van der Waals surface area contributed by atoms with E-state index in [9.17, 15) is 4.79 Å². The monoisotopic (exact) mass is 94.0 g/mol. The lowest BCUT2D eigenvalue weighted by molar-refractivity contribution is -0.109. The molecule has 0 atom stereocenters. The SMILES string of the molecule is C#CC(=O)/C=C\C. The molecular formula is C6H6O. The van der Waals surface area contributed by atoms with Crippen molar-refractivity contribution in [3.63, 3.8) is 0 Å². The van der Waals surface area contributed by atoms with Gasteiger partial charge < -0.3 is 0 Å². The Bertz CT molecular complexity index is 126. The van der Waals surface area contributed by atoms with Gasteiger partial charge in [-0.05, 0) is 18.9 Å². The molecule has 0 N–H and O–H groups in total. The molecule has 0 saturated carbocycles. The summed E-state index contributed by atoms with van der Waals surface area (Å²) >= 11 is 0. The summed E-state index contributed by atoms with van der Waals surface area (Å²) in [6.07, 6.45) is 7.67. The van der Waals surface area contributed by atoms with E-state index in [1.807, 2.05) is 5.92 Å². The van der Waals surface area contributed by atoms with Gasteiger partial charge in [-0.2, -0.15) is 0 Å². The molecule has 36 valence electrons. The maximum atomic E-state index is 10.1. The Kier molecular flexibility index (Phi) is 2.70. The number of carbonyl (C=O) groups excluding carboxylic acids is 1. The minimum Gasteiger partial charge on any atom is -0.280 e. The number of ketones is 1. The van der Waals surface area contributed by atoms with Crippen molar-refractivity contribution < 1.29 is 4.79 Å². The quantitative estimate of drug-likeness (QED) is 0.266. The van der Waals surface area contributed by atoms with E-state index in [1.165, 1.54) is 6.08 Å². The number of carbonyl (C=O) groups is 1. The largest absolute Gasteiger partial charge is 0.280 e.